The molecule has 186 valence electrons. The molecular weight excluding hydrogens is 452 g/mol. The summed E-state index contributed by atoms with van der Waals surface area (Å²) >= 11 is 0. The van der Waals surface area contributed by atoms with Crippen LogP contribution in [0.25, 0.3) is 0 Å². The Labute approximate surface area is 212 Å². The second-order valence-electron chi connectivity index (χ2n) is 9.64. The average molecular weight is 485 g/mol. The normalized spacial score (nSPS) is 18.2. The number of anilines is 1. The predicted molar refractivity (Wildman–Crippen MR) is 139 cm³/mol. The number of ether oxygens (including phenoxy) is 1. The molecule has 2 aromatic carbocycles. The van der Waals surface area contributed by atoms with Crippen molar-refractivity contribution in [2.75, 3.05) is 18.5 Å². The van der Waals surface area contributed by atoms with Gasteiger partial charge in [-0.3, -0.25) is 14.4 Å². The number of amides is 1. The highest BCUT2D eigenvalue weighted by atomic mass is 16.5. The van der Waals surface area contributed by atoms with Crippen LogP contribution in [-0.2, 0) is 14.4 Å². The van der Waals surface area contributed by atoms with Gasteiger partial charge in [0.25, 0.3) is 5.91 Å². The molecule has 0 bridgehead atoms. The van der Waals surface area contributed by atoms with Gasteiger partial charge in [0.2, 0.25) is 0 Å². The van der Waals surface area contributed by atoms with Gasteiger partial charge in [0.05, 0.1) is 0 Å². The largest absolute Gasteiger partial charge is 0.483 e. The number of Topliss-reactive ketones (excluding diaryl/α,β-unsaturated/α-hetero) is 2. The molecule has 0 aromatic heterocycles. The quantitative estimate of drug-likeness (QED) is 0.590. The van der Waals surface area contributed by atoms with Crippen LogP contribution in [0.3, 0.4) is 0 Å². The Bertz CT molecular complexity index is 1250. The van der Waals surface area contributed by atoms with Gasteiger partial charge in [-0.1, -0.05) is 36.4 Å². The van der Waals surface area contributed by atoms with E-state index in [1.165, 1.54) is 0 Å². The van der Waals surface area contributed by atoms with Gasteiger partial charge < -0.3 is 15.0 Å². The highest BCUT2D eigenvalue weighted by molar-refractivity contribution is 6.06. The lowest BCUT2D eigenvalue weighted by molar-refractivity contribution is -0.119. The summed E-state index contributed by atoms with van der Waals surface area (Å²) < 4.78 is 6.05. The molecule has 0 saturated heterocycles. The molecule has 1 heterocycles. The van der Waals surface area contributed by atoms with Crippen LogP contribution in [0.2, 0.25) is 0 Å². The van der Waals surface area contributed by atoms with E-state index in [1.807, 2.05) is 55.5 Å². The van der Waals surface area contributed by atoms with Gasteiger partial charge in [-0.15, -0.1) is 0 Å². The van der Waals surface area contributed by atoms with E-state index in [9.17, 15) is 14.4 Å². The van der Waals surface area contributed by atoms with E-state index in [4.69, 9.17) is 4.74 Å². The third-order valence-electron chi connectivity index (χ3n) is 7.41. The van der Waals surface area contributed by atoms with Crippen molar-refractivity contribution < 1.29 is 19.1 Å². The molecule has 6 heteroatoms. The van der Waals surface area contributed by atoms with Crippen LogP contribution >= 0.6 is 0 Å². The maximum atomic E-state index is 13.3. The van der Waals surface area contributed by atoms with Crippen molar-refractivity contribution in [3.8, 4) is 5.75 Å². The number of benzene rings is 2. The molecule has 1 aliphatic heterocycles. The number of hydrogen-bond donors (Lipinski definition) is 1. The zero-order valence-corrected chi connectivity index (χ0v) is 20.9. The summed E-state index contributed by atoms with van der Waals surface area (Å²) in [6, 6.07) is 15.1. The Hall–Kier alpha value is -3.67. The topological polar surface area (TPSA) is 75.7 Å². The standard InChI is InChI=1S/C30H32N2O4/c1-3-32-22-13-8-15-24(33)29(22)28(30-23(32)14-9-16-25(30)34)20-11-5-7-17-26(20)36-18-27(35)31-21-12-6-4-10-19(21)2/h4-7,10-12,17,28H,3,8-9,13-16,18H2,1-2H3,(H,31,35). The second-order valence-corrected chi connectivity index (χ2v) is 9.64. The summed E-state index contributed by atoms with van der Waals surface area (Å²) in [7, 11) is 0. The molecule has 1 amide bonds. The van der Waals surface area contributed by atoms with Gasteiger partial charge in [-0.2, -0.15) is 0 Å². The van der Waals surface area contributed by atoms with E-state index in [2.05, 4.69) is 17.1 Å². The maximum Gasteiger partial charge on any atom is 0.262 e. The molecule has 0 unspecified atom stereocenters. The van der Waals surface area contributed by atoms with Crippen molar-refractivity contribution in [2.24, 2.45) is 0 Å². The molecule has 6 nitrogen and oxygen atoms in total. The summed E-state index contributed by atoms with van der Waals surface area (Å²) in [5, 5.41) is 2.90. The Balaban J connectivity index is 1.51. The summed E-state index contributed by atoms with van der Waals surface area (Å²) in [6.07, 6.45) is 4.30. The first-order valence-corrected chi connectivity index (χ1v) is 12.9. The lowest BCUT2D eigenvalue weighted by Crippen LogP contribution is -2.39. The number of aryl methyl sites for hydroxylation is 1. The Morgan fingerprint density at radius 3 is 2.17 bits per heavy atom. The number of nitrogens with one attached hydrogen (secondary N) is 1. The first-order chi connectivity index (χ1) is 17.5. The van der Waals surface area contributed by atoms with Crippen LogP contribution in [0.5, 0.6) is 5.75 Å². The molecule has 0 spiro atoms. The fourth-order valence-electron chi connectivity index (χ4n) is 5.80. The minimum absolute atomic E-state index is 0.108. The molecule has 0 radical (unpaired) electrons. The van der Waals surface area contributed by atoms with Gasteiger partial charge in [0.15, 0.2) is 18.2 Å². The molecule has 2 aromatic rings. The molecule has 0 atom stereocenters. The number of carbonyl (C=O) groups excluding carboxylic acids is 3. The molecule has 5 rings (SSSR count). The zero-order valence-electron chi connectivity index (χ0n) is 20.9. The third-order valence-corrected chi connectivity index (χ3v) is 7.41. The van der Waals surface area contributed by atoms with Crippen molar-refractivity contribution in [2.45, 2.75) is 58.3 Å². The van der Waals surface area contributed by atoms with Crippen molar-refractivity contribution in [1.29, 1.82) is 0 Å². The minimum atomic E-state index is -0.450. The van der Waals surface area contributed by atoms with Crippen LogP contribution in [0, 0.1) is 6.92 Å². The smallest absolute Gasteiger partial charge is 0.262 e. The highest BCUT2D eigenvalue weighted by Crippen LogP contribution is 2.50. The zero-order chi connectivity index (χ0) is 25.2. The van der Waals surface area contributed by atoms with Crippen LogP contribution in [0.1, 0.15) is 62.5 Å². The second kappa shape index (κ2) is 10.1. The monoisotopic (exact) mass is 484 g/mol. The lowest BCUT2D eigenvalue weighted by Gasteiger charge is -2.43. The summed E-state index contributed by atoms with van der Waals surface area (Å²) in [5.74, 6) is 0.0347. The number of ketones is 2. The summed E-state index contributed by atoms with van der Waals surface area (Å²) in [6.45, 7) is 4.59. The molecular formula is C30H32N2O4. The number of nitrogens with zero attached hydrogens (tertiary/aromatic N) is 1. The van der Waals surface area contributed by atoms with Crippen LogP contribution in [0.4, 0.5) is 5.69 Å². The van der Waals surface area contributed by atoms with Crippen LogP contribution in [-0.4, -0.2) is 35.5 Å². The maximum absolute atomic E-state index is 13.3. The van der Waals surface area contributed by atoms with E-state index in [0.29, 0.717) is 18.6 Å². The van der Waals surface area contributed by atoms with Crippen LogP contribution < -0.4 is 10.1 Å². The number of hydrogen-bond acceptors (Lipinski definition) is 5. The fraction of sp³-hybridized carbons (Fsp3) is 0.367. The predicted octanol–water partition coefficient (Wildman–Crippen LogP) is 5.45. The Morgan fingerprint density at radius 2 is 1.53 bits per heavy atom. The first-order valence-electron chi connectivity index (χ1n) is 12.9. The lowest BCUT2D eigenvalue weighted by atomic mass is 9.70. The van der Waals surface area contributed by atoms with E-state index >= 15 is 0 Å². The minimum Gasteiger partial charge on any atom is -0.483 e. The molecule has 2 aliphatic carbocycles. The molecule has 0 fully saturated rings. The van der Waals surface area contributed by atoms with Gasteiger partial charge in [-0.25, -0.2) is 0 Å². The van der Waals surface area contributed by atoms with Crippen molar-refractivity contribution >= 4 is 23.2 Å². The fourth-order valence-corrected chi connectivity index (χ4v) is 5.80. The number of carbonyl (C=O) groups is 3. The summed E-state index contributed by atoms with van der Waals surface area (Å²) in [5.41, 5.74) is 6.08. The number of para-hydroxylation sites is 2. The van der Waals surface area contributed by atoms with Gasteiger partial charge in [-0.05, 0) is 57.2 Å². The van der Waals surface area contributed by atoms with Crippen molar-refractivity contribution in [1.82, 2.24) is 4.90 Å². The van der Waals surface area contributed by atoms with Crippen molar-refractivity contribution in [3.05, 3.63) is 82.2 Å². The highest BCUT2D eigenvalue weighted by Gasteiger charge is 2.43. The molecule has 0 saturated carbocycles. The van der Waals surface area contributed by atoms with E-state index < -0.39 is 5.92 Å². The van der Waals surface area contributed by atoms with Crippen molar-refractivity contribution in [3.63, 3.8) is 0 Å². The molecule has 3 aliphatic rings. The summed E-state index contributed by atoms with van der Waals surface area (Å²) in [4.78, 5) is 41.6. The molecule has 36 heavy (non-hydrogen) atoms. The van der Waals surface area contributed by atoms with E-state index in [0.717, 1.165) is 71.6 Å². The van der Waals surface area contributed by atoms with Gasteiger partial charge >= 0.3 is 0 Å². The first kappa shape index (κ1) is 24.0. The van der Waals surface area contributed by atoms with E-state index in [-0.39, 0.29) is 24.1 Å². The van der Waals surface area contributed by atoms with Gasteiger partial charge in [0, 0.05) is 59.1 Å². The van der Waals surface area contributed by atoms with Crippen LogP contribution in [0.15, 0.2) is 71.1 Å². The SMILES string of the molecule is CCN1C2=C(C(=O)CCC2)C(c2ccccc2OCC(=O)Nc2ccccc2C)C2=C1CCCC2=O. The molecule has 1 N–H and O–H groups in total. The Morgan fingerprint density at radius 1 is 0.917 bits per heavy atom. The number of rotatable bonds is 6. The average Bonchev–Trinajstić information content (AvgIpc) is 2.88. The third kappa shape index (κ3) is 4.36. The van der Waals surface area contributed by atoms with Gasteiger partial charge in [0.1, 0.15) is 5.75 Å². The number of allylic oxidation sites excluding steroid dienone is 4. The van der Waals surface area contributed by atoms with E-state index in [1.54, 1.807) is 0 Å². The Kier molecular flexibility index (Phi) is 6.77.